The highest BCUT2D eigenvalue weighted by molar-refractivity contribution is 4.85. The molecule has 0 aromatic carbocycles. The van der Waals surface area contributed by atoms with Gasteiger partial charge in [0.1, 0.15) is 0 Å². The lowest BCUT2D eigenvalue weighted by Crippen LogP contribution is -2.30. The van der Waals surface area contributed by atoms with Crippen molar-refractivity contribution in [3.8, 4) is 0 Å². The quantitative estimate of drug-likeness (QED) is 0.456. The van der Waals surface area contributed by atoms with Crippen LogP contribution < -0.4 is 5.32 Å². The standard InChI is InChI=1S/C10H19N/c1-3-5-8-11-10(4-2)9-6-7-9/h3,9-11H,1,4-8H2,2H3. The Morgan fingerprint density at radius 3 is 2.82 bits per heavy atom. The summed E-state index contributed by atoms with van der Waals surface area (Å²) in [6, 6.07) is 0.787. The zero-order valence-corrected chi connectivity index (χ0v) is 7.47. The lowest BCUT2D eigenvalue weighted by Gasteiger charge is -2.14. The molecule has 0 amide bonds. The van der Waals surface area contributed by atoms with E-state index in [1.807, 2.05) is 6.08 Å². The third kappa shape index (κ3) is 3.06. The normalized spacial score (nSPS) is 19.7. The molecule has 0 saturated heterocycles. The zero-order valence-electron chi connectivity index (χ0n) is 7.47. The van der Waals surface area contributed by atoms with Crippen LogP contribution in [0.15, 0.2) is 12.7 Å². The van der Waals surface area contributed by atoms with Crippen molar-refractivity contribution in [3.05, 3.63) is 12.7 Å². The summed E-state index contributed by atoms with van der Waals surface area (Å²) in [4.78, 5) is 0. The topological polar surface area (TPSA) is 12.0 Å². The predicted octanol–water partition coefficient (Wildman–Crippen LogP) is 2.34. The van der Waals surface area contributed by atoms with Gasteiger partial charge in [0.2, 0.25) is 0 Å². The molecule has 1 rings (SSSR count). The molecular formula is C10H19N. The van der Waals surface area contributed by atoms with Crippen LogP contribution in [-0.2, 0) is 0 Å². The Morgan fingerprint density at radius 1 is 1.64 bits per heavy atom. The van der Waals surface area contributed by atoms with E-state index in [2.05, 4.69) is 18.8 Å². The second-order valence-electron chi connectivity index (χ2n) is 3.38. The van der Waals surface area contributed by atoms with Crippen molar-refractivity contribution in [1.82, 2.24) is 5.32 Å². The highest BCUT2D eigenvalue weighted by Crippen LogP contribution is 2.33. The molecular weight excluding hydrogens is 134 g/mol. The first-order valence-corrected chi connectivity index (χ1v) is 4.72. The number of rotatable bonds is 6. The van der Waals surface area contributed by atoms with Gasteiger partial charge in [0, 0.05) is 6.04 Å². The van der Waals surface area contributed by atoms with E-state index in [1.54, 1.807) is 0 Å². The lowest BCUT2D eigenvalue weighted by atomic mass is 10.1. The predicted molar refractivity (Wildman–Crippen MR) is 49.6 cm³/mol. The second kappa shape index (κ2) is 4.55. The van der Waals surface area contributed by atoms with E-state index in [4.69, 9.17) is 0 Å². The minimum Gasteiger partial charge on any atom is -0.313 e. The fraction of sp³-hybridized carbons (Fsp3) is 0.800. The smallest absolute Gasteiger partial charge is 0.00928 e. The Hall–Kier alpha value is -0.300. The molecule has 0 aromatic heterocycles. The molecule has 1 saturated carbocycles. The fourth-order valence-corrected chi connectivity index (χ4v) is 1.51. The van der Waals surface area contributed by atoms with E-state index in [9.17, 15) is 0 Å². The van der Waals surface area contributed by atoms with Gasteiger partial charge in [0.25, 0.3) is 0 Å². The highest BCUT2D eigenvalue weighted by atomic mass is 14.9. The van der Waals surface area contributed by atoms with Crippen LogP contribution in [0.2, 0.25) is 0 Å². The molecule has 1 aliphatic rings. The van der Waals surface area contributed by atoms with Crippen LogP contribution in [0.4, 0.5) is 0 Å². The molecule has 1 heteroatoms. The maximum atomic E-state index is 3.70. The van der Waals surface area contributed by atoms with Gasteiger partial charge in [0.15, 0.2) is 0 Å². The molecule has 11 heavy (non-hydrogen) atoms. The maximum absolute atomic E-state index is 3.70. The Balaban J connectivity index is 2.05. The summed E-state index contributed by atoms with van der Waals surface area (Å²) in [5.74, 6) is 0.991. The molecule has 1 fully saturated rings. The van der Waals surface area contributed by atoms with Gasteiger partial charge in [-0.2, -0.15) is 0 Å². The van der Waals surface area contributed by atoms with Gasteiger partial charge in [-0.1, -0.05) is 13.0 Å². The number of nitrogens with one attached hydrogen (secondary N) is 1. The van der Waals surface area contributed by atoms with Gasteiger partial charge >= 0.3 is 0 Å². The van der Waals surface area contributed by atoms with Crippen molar-refractivity contribution < 1.29 is 0 Å². The van der Waals surface area contributed by atoms with Gasteiger partial charge in [0.05, 0.1) is 0 Å². The van der Waals surface area contributed by atoms with Gasteiger partial charge in [-0.3, -0.25) is 0 Å². The summed E-state index contributed by atoms with van der Waals surface area (Å²) in [5.41, 5.74) is 0. The summed E-state index contributed by atoms with van der Waals surface area (Å²) in [6.07, 6.45) is 7.25. The summed E-state index contributed by atoms with van der Waals surface area (Å²) in [5, 5.41) is 3.56. The van der Waals surface area contributed by atoms with Crippen LogP contribution in [0.5, 0.6) is 0 Å². The van der Waals surface area contributed by atoms with Crippen LogP contribution in [0.3, 0.4) is 0 Å². The van der Waals surface area contributed by atoms with Crippen molar-refractivity contribution in [2.24, 2.45) is 5.92 Å². The van der Waals surface area contributed by atoms with Gasteiger partial charge < -0.3 is 5.32 Å². The Labute approximate surface area is 69.9 Å². The van der Waals surface area contributed by atoms with Crippen molar-refractivity contribution in [1.29, 1.82) is 0 Å². The van der Waals surface area contributed by atoms with Crippen molar-refractivity contribution in [2.45, 2.75) is 38.6 Å². The molecule has 1 nitrogen and oxygen atoms in total. The van der Waals surface area contributed by atoms with Crippen LogP contribution in [-0.4, -0.2) is 12.6 Å². The molecule has 0 spiro atoms. The average Bonchev–Trinajstić information content (AvgIpc) is 2.81. The first-order chi connectivity index (χ1) is 5.38. The first kappa shape index (κ1) is 8.79. The summed E-state index contributed by atoms with van der Waals surface area (Å²) in [7, 11) is 0. The van der Waals surface area contributed by atoms with E-state index < -0.39 is 0 Å². The van der Waals surface area contributed by atoms with Crippen LogP contribution in [0, 0.1) is 5.92 Å². The van der Waals surface area contributed by atoms with E-state index >= 15 is 0 Å². The summed E-state index contributed by atoms with van der Waals surface area (Å²) >= 11 is 0. The number of hydrogen-bond acceptors (Lipinski definition) is 1. The molecule has 64 valence electrons. The van der Waals surface area contributed by atoms with Gasteiger partial charge in [-0.15, -0.1) is 6.58 Å². The Bertz CT molecular complexity index is 116. The van der Waals surface area contributed by atoms with Crippen LogP contribution >= 0.6 is 0 Å². The monoisotopic (exact) mass is 153 g/mol. The molecule has 0 aliphatic heterocycles. The van der Waals surface area contributed by atoms with E-state index in [-0.39, 0.29) is 0 Å². The first-order valence-electron chi connectivity index (χ1n) is 4.72. The maximum Gasteiger partial charge on any atom is 0.00928 e. The Kier molecular flexibility index (Phi) is 3.64. The third-order valence-corrected chi connectivity index (χ3v) is 2.39. The van der Waals surface area contributed by atoms with Crippen molar-refractivity contribution in [3.63, 3.8) is 0 Å². The summed E-state index contributed by atoms with van der Waals surface area (Å²) < 4.78 is 0. The molecule has 1 N–H and O–H groups in total. The lowest BCUT2D eigenvalue weighted by molar-refractivity contribution is 0.455. The highest BCUT2D eigenvalue weighted by Gasteiger charge is 2.28. The molecule has 0 radical (unpaired) electrons. The van der Waals surface area contributed by atoms with E-state index in [0.29, 0.717) is 0 Å². The molecule has 0 aromatic rings. The minimum absolute atomic E-state index is 0.787. The minimum atomic E-state index is 0.787. The molecule has 1 unspecified atom stereocenters. The van der Waals surface area contributed by atoms with E-state index in [1.165, 1.54) is 19.3 Å². The molecule has 1 atom stereocenters. The zero-order chi connectivity index (χ0) is 8.10. The van der Waals surface area contributed by atoms with Gasteiger partial charge in [-0.05, 0) is 38.1 Å². The summed E-state index contributed by atoms with van der Waals surface area (Å²) in [6.45, 7) is 7.08. The molecule has 0 bridgehead atoms. The SMILES string of the molecule is C=CCCNC(CC)C1CC1. The second-order valence-corrected chi connectivity index (χ2v) is 3.38. The Morgan fingerprint density at radius 2 is 2.36 bits per heavy atom. The molecule has 0 heterocycles. The largest absolute Gasteiger partial charge is 0.313 e. The van der Waals surface area contributed by atoms with Crippen molar-refractivity contribution in [2.75, 3.05) is 6.54 Å². The average molecular weight is 153 g/mol. The van der Waals surface area contributed by atoms with E-state index in [0.717, 1.165) is 24.9 Å². The third-order valence-electron chi connectivity index (χ3n) is 2.39. The van der Waals surface area contributed by atoms with Crippen molar-refractivity contribution >= 4 is 0 Å². The van der Waals surface area contributed by atoms with Crippen LogP contribution in [0.25, 0.3) is 0 Å². The fourth-order valence-electron chi connectivity index (χ4n) is 1.51. The number of hydrogen-bond donors (Lipinski definition) is 1. The van der Waals surface area contributed by atoms with Crippen LogP contribution in [0.1, 0.15) is 32.6 Å². The van der Waals surface area contributed by atoms with Gasteiger partial charge in [-0.25, -0.2) is 0 Å². The molecule has 1 aliphatic carbocycles.